The van der Waals surface area contributed by atoms with E-state index in [1.54, 1.807) is 19.1 Å². The van der Waals surface area contributed by atoms with Crippen molar-refractivity contribution in [2.24, 2.45) is 5.41 Å². The molecule has 0 fully saturated rings. The highest BCUT2D eigenvalue weighted by Crippen LogP contribution is 2.33. The van der Waals surface area contributed by atoms with E-state index in [1.165, 1.54) is 4.90 Å². The number of nitrogens with zero attached hydrogens (tertiary/aromatic N) is 1. The number of carbonyl (C=O) groups is 2. The van der Waals surface area contributed by atoms with Crippen LogP contribution in [0.4, 0.5) is 4.79 Å². The van der Waals surface area contributed by atoms with Crippen molar-refractivity contribution in [1.29, 1.82) is 0 Å². The third kappa shape index (κ3) is 3.96. The van der Waals surface area contributed by atoms with Gasteiger partial charge in [0.2, 0.25) is 0 Å². The van der Waals surface area contributed by atoms with Gasteiger partial charge in [0, 0.05) is 12.6 Å². The summed E-state index contributed by atoms with van der Waals surface area (Å²) >= 11 is 0. The molecular weight excluding hydrogens is 306 g/mol. The Kier molecular flexibility index (Phi) is 5.32. The highest BCUT2D eigenvalue weighted by molar-refractivity contribution is 5.90. The first-order chi connectivity index (χ1) is 11.2. The van der Waals surface area contributed by atoms with Crippen LogP contribution in [0.25, 0.3) is 5.57 Å². The Labute approximate surface area is 142 Å². The van der Waals surface area contributed by atoms with Crippen LogP contribution in [-0.4, -0.2) is 41.3 Å². The molecule has 5 nitrogen and oxygen atoms in total. The quantitative estimate of drug-likeness (QED) is 0.849. The molecule has 0 aromatic heterocycles. The van der Waals surface area contributed by atoms with Crippen molar-refractivity contribution in [1.82, 2.24) is 4.90 Å². The minimum atomic E-state index is -0.899. The van der Waals surface area contributed by atoms with E-state index in [0.29, 0.717) is 25.1 Å². The lowest BCUT2D eigenvalue weighted by Gasteiger charge is -2.41. The van der Waals surface area contributed by atoms with Gasteiger partial charge in [-0.3, -0.25) is 0 Å². The first-order valence-corrected chi connectivity index (χ1v) is 8.20. The molecule has 0 saturated heterocycles. The lowest BCUT2D eigenvalue weighted by molar-refractivity contribution is 0.0526. The van der Waals surface area contributed by atoms with Crippen LogP contribution in [0.5, 0.6) is 0 Å². The average molecular weight is 331 g/mol. The number of rotatable bonds is 3. The second kappa shape index (κ2) is 7.07. The molecule has 5 heteroatoms. The Morgan fingerprint density at radius 2 is 1.88 bits per heavy atom. The van der Waals surface area contributed by atoms with Crippen molar-refractivity contribution < 1.29 is 19.4 Å². The van der Waals surface area contributed by atoms with Crippen LogP contribution in [0.2, 0.25) is 0 Å². The minimum absolute atomic E-state index is 0.0439. The smallest absolute Gasteiger partial charge is 0.407 e. The number of hydrogen-bond acceptors (Lipinski definition) is 3. The number of benzene rings is 1. The maximum absolute atomic E-state index is 11.7. The van der Waals surface area contributed by atoms with Crippen LogP contribution in [0, 0.1) is 5.41 Å². The van der Waals surface area contributed by atoms with Gasteiger partial charge in [-0.1, -0.05) is 39.0 Å². The van der Waals surface area contributed by atoms with Gasteiger partial charge >= 0.3 is 12.1 Å². The van der Waals surface area contributed by atoms with E-state index in [-0.39, 0.29) is 17.4 Å². The van der Waals surface area contributed by atoms with Gasteiger partial charge < -0.3 is 14.7 Å². The average Bonchev–Trinajstić information content (AvgIpc) is 2.54. The largest absolute Gasteiger partial charge is 0.465 e. The Morgan fingerprint density at radius 1 is 1.25 bits per heavy atom. The Bertz CT molecular complexity index is 640. The van der Waals surface area contributed by atoms with Gasteiger partial charge in [0.25, 0.3) is 0 Å². The predicted octanol–water partition coefficient (Wildman–Crippen LogP) is 4.05. The summed E-state index contributed by atoms with van der Waals surface area (Å²) in [7, 11) is 0. The summed E-state index contributed by atoms with van der Waals surface area (Å²) < 4.78 is 4.97. The number of carboxylic acid groups (broad SMARTS) is 1. The van der Waals surface area contributed by atoms with Crippen LogP contribution in [0.15, 0.2) is 30.3 Å². The first kappa shape index (κ1) is 18.0. The molecular formula is C19H25NO4. The Hall–Kier alpha value is -2.30. The second-order valence-electron chi connectivity index (χ2n) is 7.06. The minimum Gasteiger partial charge on any atom is -0.465 e. The van der Waals surface area contributed by atoms with Crippen molar-refractivity contribution in [3.63, 3.8) is 0 Å². The van der Waals surface area contributed by atoms with Gasteiger partial charge in [-0.15, -0.1) is 0 Å². The molecule has 1 heterocycles. The van der Waals surface area contributed by atoms with E-state index >= 15 is 0 Å². The number of esters is 1. The zero-order valence-corrected chi connectivity index (χ0v) is 14.7. The number of hydrogen-bond donors (Lipinski definition) is 1. The molecule has 0 spiro atoms. The van der Waals surface area contributed by atoms with E-state index in [9.17, 15) is 14.7 Å². The predicted molar refractivity (Wildman–Crippen MR) is 93.0 cm³/mol. The molecule has 0 saturated carbocycles. The third-order valence-electron chi connectivity index (χ3n) is 4.32. The summed E-state index contributed by atoms with van der Waals surface area (Å²) in [6, 6.07) is 7.08. The van der Waals surface area contributed by atoms with Crippen molar-refractivity contribution >= 4 is 17.6 Å². The fraction of sp³-hybridized carbons (Fsp3) is 0.474. The Morgan fingerprint density at radius 3 is 2.38 bits per heavy atom. The maximum Gasteiger partial charge on any atom is 0.407 e. The summed E-state index contributed by atoms with van der Waals surface area (Å²) in [5, 5.41) is 9.55. The summed E-state index contributed by atoms with van der Waals surface area (Å²) in [5.41, 5.74) is 2.28. The van der Waals surface area contributed by atoms with Crippen LogP contribution in [0.3, 0.4) is 0 Å². The van der Waals surface area contributed by atoms with Gasteiger partial charge in [-0.05, 0) is 42.0 Å². The summed E-state index contributed by atoms with van der Waals surface area (Å²) in [6.07, 6.45) is 1.89. The summed E-state index contributed by atoms with van der Waals surface area (Å²) in [6.45, 7) is 8.64. The molecule has 0 aliphatic carbocycles. The lowest BCUT2D eigenvalue weighted by atomic mass is 9.81. The summed E-state index contributed by atoms with van der Waals surface area (Å²) in [5.74, 6) is -0.346. The molecule has 24 heavy (non-hydrogen) atoms. The van der Waals surface area contributed by atoms with Gasteiger partial charge in [0.1, 0.15) is 0 Å². The molecule has 1 amide bonds. The highest BCUT2D eigenvalue weighted by atomic mass is 16.5. The zero-order valence-electron chi connectivity index (χ0n) is 14.7. The third-order valence-corrected chi connectivity index (χ3v) is 4.32. The molecule has 1 aliphatic heterocycles. The maximum atomic E-state index is 11.7. The van der Waals surface area contributed by atoms with Crippen LogP contribution in [0.1, 0.15) is 50.0 Å². The van der Waals surface area contributed by atoms with Crippen molar-refractivity contribution in [2.75, 3.05) is 13.2 Å². The SMILES string of the molecule is CCOC(=O)c1ccc(C2=CCC(C(C)(C)C)N(C(=O)O)C2)cc1. The van der Waals surface area contributed by atoms with Crippen molar-refractivity contribution in [2.45, 2.75) is 40.2 Å². The second-order valence-corrected chi connectivity index (χ2v) is 7.06. The lowest BCUT2D eigenvalue weighted by Crippen LogP contribution is -2.49. The fourth-order valence-electron chi connectivity index (χ4n) is 3.01. The first-order valence-electron chi connectivity index (χ1n) is 8.20. The van der Waals surface area contributed by atoms with E-state index in [2.05, 4.69) is 26.8 Å². The van der Waals surface area contributed by atoms with E-state index < -0.39 is 6.09 Å². The van der Waals surface area contributed by atoms with Gasteiger partial charge in [0.05, 0.1) is 12.2 Å². The molecule has 130 valence electrons. The van der Waals surface area contributed by atoms with E-state index in [1.807, 2.05) is 12.1 Å². The molecule has 1 N–H and O–H groups in total. The molecule has 1 aromatic rings. The molecule has 1 aliphatic rings. The molecule has 0 bridgehead atoms. The topological polar surface area (TPSA) is 66.8 Å². The van der Waals surface area contributed by atoms with Crippen LogP contribution >= 0.6 is 0 Å². The van der Waals surface area contributed by atoms with Crippen molar-refractivity contribution in [3.05, 3.63) is 41.5 Å². The van der Waals surface area contributed by atoms with Crippen LogP contribution < -0.4 is 0 Å². The number of amides is 1. The zero-order chi connectivity index (χ0) is 17.9. The monoisotopic (exact) mass is 331 g/mol. The standard InChI is InChI=1S/C19H25NO4/c1-5-24-17(21)14-8-6-13(7-9-14)15-10-11-16(19(2,3)4)20(12-15)18(22)23/h6-10,16H,5,11-12H2,1-4H3,(H,22,23). The van der Waals surface area contributed by atoms with Crippen molar-refractivity contribution in [3.8, 4) is 0 Å². The molecule has 1 unspecified atom stereocenters. The molecule has 1 aromatic carbocycles. The number of carbonyl (C=O) groups excluding carboxylic acids is 1. The molecule has 0 radical (unpaired) electrons. The summed E-state index contributed by atoms with van der Waals surface area (Å²) in [4.78, 5) is 24.9. The molecule has 2 rings (SSSR count). The van der Waals surface area contributed by atoms with Gasteiger partial charge in [-0.25, -0.2) is 9.59 Å². The Balaban J connectivity index is 2.22. The van der Waals surface area contributed by atoms with Crippen LogP contribution in [-0.2, 0) is 4.74 Å². The van der Waals surface area contributed by atoms with E-state index in [0.717, 1.165) is 11.1 Å². The normalized spacial score (nSPS) is 18.1. The van der Waals surface area contributed by atoms with E-state index in [4.69, 9.17) is 4.74 Å². The number of ether oxygens (including phenoxy) is 1. The highest BCUT2D eigenvalue weighted by Gasteiger charge is 2.35. The fourth-order valence-corrected chi connectivity index (χ4v) is 3.01. The molecule has 1 atom stereocenters. The van der Waals surface area contributed by atoms with Gasteiger partial charge in [-0.2, -0.15) is 0 Å². The van der Waals surface area contributed by atoms with Gasteiger partial charge in [0.15, 0.2) is 0 Å².